The summed E-state index contributed by atoms with van der Waals surface area (Å²) in [7, 11) is 0. The Labute approximate surface area is 99.1 Å². The third-order valence-electron chi connectivity index (χ3n) is 2.29. The van der Waals surface area contributed by atoms with Crippen LogP contribution in [-0.2, 0) is 0 Å². The molecule has 0 bridgehead atoms. The maximum Gasteiger partial charge on any atom is 0.231 e. The highest BCUT2D eigenvalue weighted by molar-refractivity contribution is 9.10. The SMILES string of the molecule is Clc1nccc2c(Br)cc3c(c12)OCO3. The van der Waals surface area contributed by atoms with Crippen LogP contribution in [-0.4, -0.2) is 11.8 Å². The Morgan fingerprint density at radius 3 is 3.13 bits per heavy atom. The van der Waals surface area contributed by atoms with Gasteiger partial charge in [0, 0.05) is 16.1 Å². The molecule has 0 saturated heterocycles. The lowest BCUT2D eigenvalue weighted by atomic mass is 10.1. The van der Waals surface area contributed by atoms with Crippen LogP contribution in [0.1, 0.15) is 0 Å². The largest absolute Gasteiger partial charge is 0.454 e. The van der Waals surface area contributed by atoms with E-state index in [1.165, 1.54) is 0 Å². The van der Waals surface area contributed by atoms with E-state index < -0.39 is 0 Å². The van der Waals surface area contributed by atoms with Gasteiger partial charge in [0.05, 0.1) is 5.39 Å². The second-order valence-corrected chi connectivity index (χ2v) is 4.33. The van der Waals surface area contributed by atoms with Crippen molar-refractivity contribution in [3.8, 4) is 11.5 Å². The highest BCUT2D eigenvalue weighted by Gasteiger charge is 2.21. The first-order chi connectivity index (χ1) is 7.27. The maximum atomic E-state index is 6.05. The van der Waals surface area contributed by atoms with Crippen LogP contribution in [0.5, 0.6) is 11.5 Å². The van der Waals surface area contributed by atoms with E-state index >= 15 is 0 Å². The minimum atomic E-state index is 0.228. The molecule has 0 saturated carbocycles. The molecule has 5 heteroatoms. The lowest BCUT2D eigenvalue weighted by Gasteiger charge is -2.05. The van der Waals surface area contributed by atoms with E-state index in [2.05, 4.69) is 20.9 Å². The minimum Gasteiger partial charge on any atom is -0.454 e. The van der Waals surface area contributed by atoms with Gasteiger partial charge in [-0.25, -0.2) is 4.98 Å². The summed E-state index contributed by atoms with van der Waals surface area (Å²) in [4.78, 5) is 4.03. The molecule has 1 aromatic heterocycles. The summed E-state index contributed by atoms with van der Waals surface area (Å²) in [5.74, 6) is 1.37. The molecular formula is C10H5BrClNO2. The second kappa shape index (κ2) is 3.25. The fourth-order valence-corrected chi connectivity index (χ4v) is 2.42. The second-order valence-electron chi connectivity index (χ2n) is 3.12. The number of hydrogen-bond donors (Lipinski definition) is 0. The van der Waals surface area contributed by atoms with E-state index in [-0.39, 0.29) is 6.79 Å². The molecule has 1 aliphatic rings. The van der Waals surface area contributed by atoms with Gasteiger partial charge in [0.25, 0.3) is 0 Å². The lowest BCUT2D eigenvalue weighted by Crippen LogP contribution is -1.93. The summed E-state index contributed by atoms with van der Waals surface area (Å²) in [5.41, 5.74) is 0. The molecule has 3 nitrogen and oxygen atoms in total. The van der Waals surface area contributed by atoms with Crippen molar-refractivity contribution in [2.24, 2.45) is 0 Å². The molecule has 0 aliphatic carbocycles. The molecule has 2 aromatic rings. The monoisotopic (exact) mass is 285 g/mol. The van der Waals surface area contributed by atoms with Crippen molar-refractivity contribution < 1.29 is 9.47 Å². The molecule has 0 amide bonds. The first-order valence-corrected chi connectivity index (χ1v) is 5.47. The Hall–Kier alpha value is -1.00. The van der Waals surface area contributed by atoms with Crippen LogP contribution >= 0.6 is 27.5 Å². The van der Waals surface area contributed by atoms with Crippen LogP contribution in [0, 0.1) is 0 Å². The van der Waals surface area contributed by atoms with Crippen LogP contribution in [0.15, 0.2) is 22.8 Å². The number of pyridine rings is 1. The van der Waals surface area contributed by atoms with Crippen molar-refractivity contribution in [2.75, 3.05) is 6.79 Å². The molecule has 0 fully saturated rings. The minimum absolute atomic E-state index is 0.228. The molecule has 0 unspecified atom stereocenters. The zero-order valence-corrected chi connectivity index (χ0v) is 9.80. The van der Waals surface area contributed by atoms with Crippen LogP contribution in [0.2, 0.25) is 5.15 Å². The molecule has 1 aromatic carbocycles. The van der Waals surface area contributed by atoms with E-state index in [0.717, 1.165) is 15.2 Å². The third-order valence-corrected chi connectivity index (χ3v) is 3.23. The molecule has 3 rings (SSSR count). The van der Waals surface area contributed by atoms with Crippen molar-refractivity contribution in [1.29, 1.82) is 0 Å². The highest BCUT2D eigenvalue weighted by Crippen LogP contribution is 2.44. The lowest BCUT2D eigenvalue weighted by molar-refractivity contribution is 0.175. The number of aromatic nitrogens is 1. The number of hydrogen-bond acceptors (Lipinski definition) is 3. The molecule has 1 aliphatic heterocycles. The average molecular weight is 287 g/mol. The highest BCUT2D eigenvalue weighted by atomic mass is 79.9. The first kappa shape index (κ1) is 9.24. The van der Waals surface area contributed by atoms with Gasteiger partial charge >= 0.3 is 0 Å². The molecular weight excluding hydrogens is 281 g/mol. The molecule has 0 spiro atoms. The summed E-state index contributed by atoms with van der Waals surface area (Å²) in [6, 6.07) is 3.76. The standard InChI is InChI=1S/C10H5BrClNO2/c11-6-3-7-9(15-4-14-7)8-5(6)1-2-13-10(8)12/h1-3H,4H2. The number of halogens is 2. The predicted octanol–water partition coefficient (Wildman–Crippen LogP) is 3.38. The number of ether oxygens (including phenoxy) is 2. The number of rotatable bonds is 0. The maximum absolute atomic E-state index is 6.05. The normalized spacial score (nSPS) is 13.5. The van der Waals surface area contributed by atoms with Crippen molar-refractivity contribution in [1.82, 2.24) is 4.98 Å². The Bertz CT molecular complexity index is 559. The Morgan fingerprint density at radius 1 is 1.40 bits per heavy atom. The van der Waals surface area contributed by atoms with Gasteiger partial charge in [0.1, 0.15) is 5.15 Å². The summed E-state index contributed by atoms with van der Waals surface area (Å²) in [6.07, 6.45) is 1.66. The average Bonchev–Trinajstić information content (AvgIpc) is 2.66. The summed E-state index contributed by atoms with van der Waals surface area (Å²) in [5, 5.41) is 2.19. The Balaban J connectivity index is 2.51. The van der Waals surface area contributed by atoms with E-state index in [9.17, 15) is 0 Å². The summed E-state index contributed by atoms with van der Waals surface area (Å²) >= 11 is 9.51. The van der Waals surface area contributed by atoms with Crippen LogP contribution < -0.4 is 9.47 Å². The van der Waals surface area contributed by atoms with Crippen LogP contribution in [0.4, 0.5) is 0 Å². The van der Waals surface area contributed by atoms with E-state index in [1.54, 1.807) is 6.20 Å². The van der Waals surface area contributed by atoms with E-state index in [4.69, 9.17) is 21.1 Å². The van der Waals surface area contributed by atoms with Crippen molar-refractivity contribution in [3.63, 3.8) is 0 Å². The molecule has 76 valence electrons. The van der Waals surface area contributed by atoms with Gasteiger partial charge in [0.15, 0.2) is 11.5 Å². The first-order valence-electron chi connectivity index (χ1n) is 4.29. The molecule has 0 N–H and O–H groups in total. The fraction of sp³-hybridized carbons (Fsp3) is 0.100. The van der Waals surface area contributed by atoms with Crippen molar-refractivity contribution in [3.05, 3.63) is 28.0 Å². The topological polar surface area (TPSA) is 31.4 Å². The molecule has 0 radical (unpaired) electrons. The van der Waals surface area contributed by atoms with Gasteiger partial charge in [-0.15, -0.1) is 0 Å². The zero-order valence-electron chi connectivity index (χ0n) is 7.46. The Kier molecular flexibility index (Phi) is 2.00. The fourth-order valence-electron chi connectivity index (χ4n) is 1.64. The number of nitrogens with zero attached hydrogens (tertiary/aromatic N) is 1. The van der Waals surface area contributed by atoms with Gasteiger partial charge in [0.2, 0.25) is 6.79 Å². The van der Waals surface area contributed by atoms with Crippen LogP contribution in [0.25, 0.3) is 10.8 Å². The summed E-state index contributed by atoms with van der Waals surface area (Å²) < 4.78 is 11.6. The van der Waals surface area contributed by atoms with Gasteiger partial charge < -0.3 is 9.47 Å². The number of fused-ring (bicyclic) bond motifs is 3. The smallest absolute Gasteiger partial charge is 0.231 e. The molecule has 0 atom stereocenters. The third kappa shape index (κ3) is 1.28. The van der Waals surface area contributed by atoms with Crippen molar-refractivity contribution in [2.45, 2.75) is 0 Å². The Morgan fingerprint density at radius 2 is 2.27 bits per heavy atom. The van der Waals surface area contributed by atoms with E-state index in [1.807, 2.05) is 12.1 Å². The van der Waals surface area contributed by atoms with Gasteiger partial charge in [-0.1, -0.05) is 27.5 Å². The van der Waals surface area contributed by atoms with Crippen LogP contribution in [0.3, 0.4) is 0 Å². The number of benzene rings is 1. The zero-order chi connectivity index (χ0) is 10.4. The van der Waals surface area contributed by atoms with Gasteiger partial charge in [-0.05, 0) is 12.1 Å². The van der Waals surface area contributed by atoms with Gasteiger partial charge in [-0.3, -0.25) is 0 Å². The van der Waals surface area contributed by atoms with Gasteiger partial charge in [-0.2, -0.15) is 0 Å². The molecule has 15 heavy (non-hydrogen) atoms. The van der Waals surface area contributed by atoms with E-state index in [0.29, 0.717) is 16.7 Å². The quantitative estimate of drug-likeness (QED) is 0.696. The molecule has 2 heterocycles. The summed E-state index contributed by atoms with van der Waals surface area (Å²) in [6.45, 7) is 0.228. The van der Waals surface area contributed by atoms with Crippen molar-refractivity contribution >= 4 is 38.3 Å². The predicted molar refractivity (Wildman–Crippen MR) is 60.6 cm³/mol.